The molecule has 1 aromatic carbocycles. The molecule has 0 aliphatic carbocycles. The summed E-state index contributed by atoms with van der Waals surface area (Å²) in [5.41, 5.74) is 3.35. The molecule has 0 unspecified atom stereocenters. The summed E-state index contributed by atoms with van der Waals surface area (Å²) in [6.45, 7) is 3.41. The number of H-pyrrole nitrogens is 1. The Labute approximate surface area is 150 Å². The predicted molar refractivity (Wildman–Crippen MR) is 95.7 cm³/mol. The number of aryl methyl sites for hydroxylation is 1. The monoisotopic (exact) mass is 355 g/mol. The van der Waals surface area contributed by atoms with Crippen LogP contribution in [0.1, 0.15) is 34.6 Å². The van der Waals surface area contributed by atoms with E-state index < -0.39 is 0 Å². The highest BCUT2D eigenvalue weighted by Gasteiger charge is 2.27. The lowest BCUT2D eigenvalue weighted by atomic mass is 9.94. The summed E-state index contributed by atoms with van der Waals surface area (Å²) < 4.78 is 1.99. The molecule has 0 radical (unpaired) electrons. The van der Waals surface area contributed by atoms with Gasteiger partial charge in [-0.3, -0.25) is 4.79 Å². The molecular formula is C18H18ClN5O. The van der Waals surface area contributed by atoms with Crippen molar-refractivity contribution in [2.45, 2.75) is 25.8 Å². The summed E-state index contributed by atoms with van der Waals surface area (Å²) in [7, 11) is 0. The highest BCUT2D eigenvalue weighted by Crippen LogP contribution is 2.27. The maximum Gasteiger partial charge on any atom is 0.271 e. The largest absolute Gasteiger partial charge is 0.350 e. The molecule has 1 aliphatic rings. The van der Waals surface area contributed by atoms with E-state index in [9.17, 15) is 4.79 Å². The summed E-state index contributed by atoms with van der Waals surface area (Å²) in [6, 6.07) is 7.77. The number of halogens is 1. The lowest BCUT2D eigenvalue weighted by molar-refractivity contribution is 0.0950. The van der Waals surface area contributed by atoms with Gasteiger partial charge >= 0.3 is 0 Å². The van der Waals surface area contributed by atoms with Crippen molar-refractivity contribution < 1.29 is 4.79 Å². The van der Waals surface area contributed by atoms with Crippen LogP contribution >= 0.6 is 11.6 Å². The quantitative estimate of drug-likeness (QED) is 0.758. The van der Waals surface area contributed by atoms with E-state index in [1.54, 1.807) is 12.5 Å². The zero-order valence-electron chi connectivity index (χ0n) is 13.8. The fourth-order valence-electron chi connectivity index (χ4n) is 3.22. The standard InChI is InChI=1S/C18H18ClN5O/c1-2-24-10-20-9-15(24)17-22-14-7-12(8-21-18(25)16(14)23-17)11-3-5-13(19)6-4-11/h3-6,9-10,12H,2,7-8H2,1H3,(H,21,25)(H,22,23)/t12-/m1/s1. The fourth-order valence-corrected chi connectivity index (χ4v) is 3.35. The molecule has 1 atom stereocenters. The minimum Gasteiger partial charge on any atom is -0.350 e. The van der Waals surface area contributed by atoms with Gasteiger partial charge in [-0.25, -0.2) is 9.97 Å². The Bertz CT molecular complexity index is 912. The average Bonchev–Trinajstić information content (AvgIpc) is 3.22. The van der Waals surface area contributed by atoms with Gasteiger partial charge in [0.05, 0.1) is 12.5 Å². The predicted octanol–water partition coefficient (Wildman–Crippen LogP) is 3.02. The van der Waals surface area contributed by atoms with Gasteiger partial charge in [-0.05, 0) is 31.0 Å². The number of carbonyl (C=O) groups is 1. The van der Waals surface area contributed by atoms with Crippen LogP contribution < -0.4 is 5.32 Å². The Morgan fingerprint density at radius 3 is 2.88 bits per heavy atom. The molecule has 0 fully saturated rings. The zero-order chi connectivity index (χ0) is 17.4. The molecule has 0 spiro atoms. The van der Waals surface area contributed by atoms with Crippen molar-refractivity contribution in [3.63, 3.8) is 0 Å². The highest BCUT2D eigenvalue weighted by molar-refractivity contribution is 6.30. The maximum absolute atomic E-state index is 12.4. The molecule has 0 bridgehead atoms. The number of rotatable bonds is 3. The first-order valence-electron chi connectivity index (χ1n) is 8.28. The summed E-state index contributed by atoms with van der Waals surface area (Å²) in [5.74, 6) is 0.708. The minimum atomic E-state index is -0.142. The number of imidazole rings is 2. The van der Waals surface area contributed by atoms with Crippen LogP contribution in [0.25, 0.3) is 11.5 Å². The Hall–Kier alpha value is -2.60. The Kier molecular flexibility index (Phi) is 4.05. The first kappa shape index (κ1) is 15.9. The molecule has 2 aromatic heterocycles. The highest BCUT2D eigenvalue weighted by atomic mass is 35.5. The SMILES string of the molecule is CCn1cncc1-c1nc2c([nH]1)C[C@@H](c1ccc(Cl)cc1)CNC2=O. The smallest absolute Gasteiger partial charge is 0.271 e. The molecule has 7 heteroatoms. The third kappa shape index (κ3) is 2.93. The Balaban J connectivity index is 1.70. The van der Waals surface area contributed by atoms with E-state index >= 15 is 0 Å². The van der Waals surface area contributed by atoms with Crippen LogP contribution in [-0.2, 0) is 13.0 Å². The second-order valence-electron chi connectivity index (χ2n) is 6.14. The number of aromatic nitrogens is 4. The second kappa shape index (κ2) is 6.37. The average molecular weight is 356 g/mol. The van der Waals surface area contributed by atoms with Crippen LogP contribution in [0.15, 0.2) is 36.8 Å². The normalized spacial score (nSPS) is 17.0. The van der Waals surface area contributed by atoms with Crippen molar-refractivity contribution in [1.82, 2.24) is 24.8 Å². The number of nitrogens with one attached hydrogen (secondary N) is 2. The minimum absolute atomic E-state index is 0.142. The van der Waals surface area contributed by atoms with E-state index in [0.717, 1.165) is 23.5 Å². The van der Waals surface area contributed by atoms with Gasteiger partial charge in [0.2, 0.25) is 0 Å². The summed E-state index contributed by atoms with van der Waals surface area (Å²) >= 11 is 5.98. The number of hydrogen-bond acceptors (Lipinski definition) is 3. The van der Waals surface area contributed by atoms with E-state index in [0.29, 0.717) is 29.5 Å². The fraction of sp³-hybridized carbons (Fsp3) is 0.278. The topological polar surface area (TPSA) is 75.6 Å². The molecule has 1 amide bonds. The van der Waals surface area contributed by atoms with Gasteiger partial charge in [0.15, 0.2) is 5.82 Å². The zero-order valence-corrected chi connectivity index (χ0v) is 14.5. The number of carbonyl (C=O) groups excluding carboxylic acids is 1. The molecule has 2 N–H and O–H groups in total. The number of benzene rings is 1. The van der Waals surface area contributed by atoms with E-state index in [2.05, 4.69) is 20.3 Å². The van der Waals surface area contributed by atoms with Gasteiger partial charge in [-0.2, -0.15) is 0 Å². The van der Waals surface area contributed by atoms with Crippen molar-refractivity contribution in [3.05, 3.63) is 58.8 Å². The first-order chi connectivity index (χ1) is 12.2. The van der Waals surface area contributed by atoms with Crippen LogP contribution in [0.4, 0.5) is 0 Å². The van der Waals surface area contributed by atoms with Crippen LogP contribution in [0.3, 0.4) is 0 Å². The maximum atomic E-state index is 12.4. The van der Waals surface area contributed by atoms with Crippen molar-refractivity contribution in [2.75, 3.05) is 6.54 Å². The summed E-state index contributed by atoms with van der Waals surface area (Å²) in [6.07, 6.45) is 4.23. The summed E-state index contributed by atoms with van der Waals surface area (Å²) in [4.78, 5) is 24.5. The number of hydrogen-bond donors (Lipinski definition) is 2. The molecule has 128 valence electrons. The van der Waals surface area contributed by atoms with Crippen LogP contribution in [0, 0.1) is 0 Å². The van der Waals surface area contributed by atoms with Crippen molar-refractivity contribution in [2.24, 2.45) is 0 Å². The van der Waals surface area contributed by atoms with E-state index in [-0.39, 0.29) is 11.8 Å². The molecule has 6 nitrogen and oxygen atoms in total. The van der Waals surface area contributed by atoms with Crippen molar-refractivity contribution >= 4 is 17.5 Å². The van der Waals surface area contributed by atoms with Crippen LogP contribution in [-0.4, -0.2) is 32.0 Å². The van der Waals surface area contributed by atoms with Gasteiger partial charge in [-0.1, -0.05) is 23.7 Å². The molecule has 4 rings (SSSR count). The Morgan fingerprint density at radius 1 is 1.32 bits per heavy atom. The van der Waals surface area contributed by atoms with Gasteiger partial charge in [0, 0.05) is 29.7 Å². The molecule has 0 saturated heterocycles. The number of nitrogens with zero attached hydrogens (tertiary/aromatic N) is 3. The second-order valence-corrected chi connectivity index (χ2v) is 6.58. The van der Waals surface area contributed by atoms with Gasteiger partial charge in [0.25, 0.3) is 5.91 Å². The molecule has 25 heavy (non-hydrogen) atoms. The first-order valence-corrected chi connectivity index (χ1v) is 8.66. The van der Waals surface area contributed by atoms with E-state index in [1.165, 1.54) is 0 Å². The van der Waals surface area contributed by atoms with Gasteiger partial charge in [0.1, 0.15) is 11.4 Å². The molecular weight excluding hydrogens is 338 g/mol. The molecule has 0 saturated carbocycles. The molecule has 1 aliphatic heterocycles. The van der Waals surface area contributed by atoms with Crippen molar-refractivity contribution in [3.8, 4) is 11.5 Å². The van der Waals surface area contributed by atoms with Gasteiger partial charge in [-0.15, -0.1) is 0 Å². The number of aromatic amines is 1. The molecule has 3 aromatic rings. The number of fused-ring (bicyclic) bond motifs is 1. The molecule has 3 heterocycles. The van der Waals surface area contributed by atoms with Crippen LogP contribution in [0.5, 0.6) is 0 Å². The number of amides is 1. The third-order valence-corrected chi connectivity index (χ3v) is 4.84. The van der Waals surface area contributed by atoms with Crippen LogP contribution in [0.2, 0.25) is 5.02 Å². The lowest BCUT2D eigenvalue weighted by Crippen LogP contribution is -2.26. The van der Waals surface area contributed by atoms with E-state index in [4.69, 9.17) is 11.6 Å². The van der Waals surface area contributed by atoms with Gasteiger partial charge < -0.3 is 14.9 Å². The summed E-state index contributed by atoms with van der Waals surface area (Å²) in [5, 5.41) is 3.68. The Morgan fingerprint density at radius 2 is 2.12 bits per heavy atom. The third-order valence-electron chi connectivity index (χ3n) is 4.59. The van der Waals surface area contributed by atoms with E-state index in [1.807, 2.05) is 35.8 Å². The van der Waals surface area contributed by atoms with Crippen molar-refractivity contribution in [1.29, 1.82) is 0 Å². The lowest BCUT2D eigenvalue weighted by Gasteiger charge is -2.14.